The lowest BCUT2D eigenvalue weighted by Gasteiger charge is -2.37. The largest absolute Gasteiger partial charge is 0.462 e. The Balaban J connectivity index is 1.54. The van der Waals surface area contributed by atoms with Crippen LogP contribution in [-0.4, -0.2) is 78.2 Å². The Bertz CT molecular complexity index is 1400. The zero-order chi connectivity index (χ0) is 25.1. The third-order valence-corrected chi connectivity index (χ3v) is 6.58. The van der Waals surface area contributed by atoms with E-state index in [-0.39, 0.29) is 0 Å². The van der Waals surface area contributed by atoms with E-state index >= 15 is 0 Å². The first-order valence-electron chi connectivity index (χ1n) is 12.3. The molecule has 36 heavy (non-hydrogen) atoms. The molecular formula is C29H32N6O. The Morgan fingerprint density at radius 1 is 0.944 bits per heavy atom. The molecule has 1 aliphatic rings. The third kappa shape index (κ3) is 4.88. The smallest absolute Gasteiger partial charge is 0.320 e. The van der Waals surface area contributed by atoms with Crippen LogP contribution in [0.25, 0.3) is 33.1 Å². The predicted octanol–water partition coefficient (Wildman–Crippen LogP) is 4.61. The number of nitrogens with zero attached hydrogens (tertiary/aromatic N) is 6. The van der Waals surface area contributed by atoms with Gasteiger partial charge in [-0.1, -0.05) is 55.6 Å². The minimum absolute atomic E-state index is 0.361. The Morgan fingerprint density at radius 3 is 2.50 bits per heavy atom. The van der Waals surface area contributed by atoms with Crippen LogP contribution in [0.15, 0.2) is 79.5 Å². The van der Waals surface area contributed by atoms with Crippen molar-refractivity contribution in [2.45, 2.75) is 0 Å². The quantitative estimate of drug-likeness (QED) is 0.342. The molecule has 0 saturated carbocycles. The van der Waals surface area contributed by atoms with Crippen LogP contribution in [0.4, 0.5) is 5.82 Å². The molecule has 7 nitrogen and oxygen atoms in total. The van der Waals surface area contributed by atoms with Crippen molar-refractivity contribution in [1.82, 2.24) is 24.8 Å². The molecule has 0 radical (unpaired) electrons. The molecule has 2 aromatic carbocycles. The Morgan fingerprint density at radius 2 is 1.72 bits per heavy atom. The van der Waals surface area contributed by atoms with E-state index in [1.54, 1.807) is 0 Å². The molecule has 7 heteroatoms. The molecular weight excluding hydrogens is 448 g/mol. The lowest BCUT2D eigenvalue weighted by atomic mass is 10.0. The first kappa shape index (κ1) is 23.8. The molecule has 1 saturated heterocycles. The molecule has 5 rings (SSSR count). The number of fused-ring (bicyclic) bond motifs is 2. The van der Waals surface area contributed by atoms with Crippen molar-refractivity contribution in [1.29, 1.82) is 0 Å². The first-order chi connectivity index (χ1) is 17.5. The number of allylic oxidation sites excluding steroid dienone is 1. The highest BCUT2D eigenvalue weighted by Gasteiger charge is 2.22. The van der Waals surface area contributed by atoms with Gasteiger partial charge in [-0.3, -0.25) is 0 Å². The van der Waals surface area contributed by atoms with E-state index in [0.717, 1.165) is 60.9 Å². The number of hydrogen-bond donors (Lipinski definition) is 0. The van der Waals surface area contributed by atoms with Crippen molar-refractivity contribution in [3.05, 3.63) is 79.5 Å². The van der Waals surface area contributed by atoms with Crippen LogP contribution in [0.2, 0.25) is 0 Å². The molecule has 2 aromatic heterocycles. The van der Waals surface area contributed by atoms with Crippen molar-refractivity contribution >= 4 is 27.6 Å². The summed E-state index contributed by atoms with van der Waals surface area (Å²) in [4.78, 5) is 21.2. The zero-order valence-electron chi connectivity index (χ0n) is 21.0. The summed E-state index contributed by atoms with van der Waals surface area (Å²) in [5.41, 5.74) is 3.57. The average Bonchev–Trinajstić information content (AvgIpc) is 2.91. The predicted molar refractivity (Wildman–Crippen MR) is 147 cm³/mol. The topological polar surface area (TPSA) is 57.6 Å². The fourth-order valence-corrected chi connectivity index (χ4v) is 4.53. The van der Waals surface area contributed by atoms with Crippen molar-refractivity contribution in [2.24, 2.45) is 0 Å². The van der Waals surface area contributed by atoms with E-state index in [0.29, 0.717) is 18.3 Å². The van der Waals surface area contributed by atoms with Gasteiger partial charge in [0.15, 0.2) is 5.65 Å². The third-order valence-electron chi connectivity index (χ3n) is 6.58. The second-order valence-electron chi connectivity index (χ2n) is 9.25. The fourth-order valence-electron chi connectivity index (χ4n) is 4.53. The Labute approximate surface area is 212 Å². The Hall–Kier alpha value is -3.97. The van der Waals surface area contributed by atoms with Gasteiger partial charge >= 0.3 is 6.01 Å². The van der Waals surface area contributed by atoms with E-state index < -0.39 is 0 Å². The lowest BCUT2D eigenvalue weighted by molar-refractivity contribution is 0.246. The lowest BCUT2D eigenvalue weighted by Crippen LogP contribution is -2.45. The summed E-state index contributed by atoms with van der Waals surface area (Å²) < 4.78 is 5.98. The van der Waals surface area contributed by atoms with Gasteiger partial charge in [0, 0.05) is 44.0 Å². The number of rotatable bonds is 8. The number of anilines is 1. The van der Waals surface area contributed by atoms with E-state index in [1.807, 2.05) is 20.2 Å². The first-order valence-corrected chi connectivity index (χ1v) is 12.3. The summed E-state index contributed by atoms with van der Waals surface area (Å²) in [6.45, 7) is 12.6. The summed E-state index contributed by atoms with van der Waals surface area (Å²) in [6.07, 6.45) is 1.81. The summed E-state index contributed by atoms with van der Waals surface area (Å²) in [7, 11) is 4.04. The number of pyridine rings is 1. The number of benzene rings is 2. The number of ether oxygens (including phenoxy) is 1. The maximum Gasteiger partial charge on any atom is 0.320 e. The minimum atomic E-state index is 0.361. The van der Waals surface area contributed by atoms with Crippen LogP contribution in [0.3, 0.4) is 0 Å². The van der Waals surface area contributed by atoms with Gasteiger partial charge in [-0.15, -0.1) is 0 Å². The molecule has 1 fully saturated rings. The molecule has 0 aliphatic carbocycles. The monoisotopic (exact) mass is 480 g/mol. The van der Waals surface area contributed by atoms with E-state index in [1.165, 1.54) is 10.8 Å². The summed E-state index contributed by atoms with van der Waals surface area (Å²) in [5.74, 6) is 0.862. The van der Waals surface area contributed by atoms with Gasteiger partial charge in [-0.05, 0) is 43.1 Å². The van der Waals surface area contributed by atoms with Crippen LogP contribution in [0, 0.1) is 0 Å². The summed E-state index contributed by atoms with van der Waals surface area (Å²) >= 11 is 0. The van der Waals surface area contributed by atoms with Gasteiger partial charge in [0.1, 0.15) is 12.4 Å². The summed E-state index contributed by atoms with van der Waals surface area (Å²) in [6, 6.07) is 19.2. The van der Waals surface area contributed by atoms with Crippen LogP contribution >= 0.6 is 0 Å². The van der Waals surface area contributed by atoms with Gasteiger partial charge in [0.05, 0.1) is 11.1 Å². The molecule has 0 atom stereocenters. The highest BCUT2D eigenvalue weighted by Crippen LogP contribution is 2.32. The Kier molecular flexibility index (Phi) is 6.82. The van der Waals surface area contributed by atoms with Crippen molar-refractivity contribution in [3.63, 3.8) is 0 Å². The minimum Gasteiger partial charge on any atom is -0.462 e. The normalized spacial score (nSPS) is 14.0. The highest BCUT2D eigenvalue weighted by atomic mass is 16.5. The maximum atomic E-state index is 5.98. The molecule has 4 aromatic rings. The van der Waals surface area contributed by atoms with Gasteiger partial charge in [0.2, 0.25) is 0 Å². The average molecular weight is 481 g/mol. The van der Waals surface area contributed by atoms with Crippen LogP contribution in [0.1, 0.15) is 0 Å². The van der Waals surface area contributed by atoms with E-state index in [4.69, 9.17) is 19.7 Å². The van der Waals surface area contributed by atoms with Crippen LogP contribution in [0.5, 0.6) is 6.01 Å². The summed E-state index contributed by atoms with van der Waals surface area (Å²) in [5, 5.41) is 3.28. The van der Waals surface area contributed by atoms with Crippen LogP contribution < -0.4 is 9.64 Å². The number of likely N-dealkylation sites (N-methyl/N-ethyl adjacent to an activating group) is 1. The number of piperazine rings is 1. The zero-order valence-corrected chi connectivity index (χ0v) is 21.0. The number of aromatic nitrogens is 3. The van der Waals surface area contributed by atoms with Gasteiger partial charge in [-0.25, -0.2) is 4.98 Å². The molecule has 0 N–H and O–H groups in total. The van der Waals surface area contributed by atoms with Crippen molar-refractivity contribution in [2.75, 3.05) is 58.3 Å². The maximum absolute atomic E-state index is 5.98. The molecule has 0 spiro atoms. The van der Waals surface area contributed by atoms with Gasteiger partial charge in [0.25, 0.3) is 0 Å². The molecule has 0 bridgehead atoms. The van der Waals surface area contributed by atoms with Crippen LogP contribution in [-0.2, 0) is 0 Å². The molecule has 0 amide bonds. The molecule has 1 aliphatic heterocycles. The molecule has 184 valence electrons. The number of hydrogen-bond acceptors (Lipinski definition) is 7. The van der Waals surface area contributed by atoms with Gasteiger partial charge in [-0.2, -0.15) is 9.97 Å². The van der Waals surface area contributed by atoms with Gasteiger partial charge < -0.3 is 19.4 Å². The SMILES string of the molecule is C=CC(=C)N1CCN(c2nc(OCCN(C)C)nc3nc(-c4cccc5ccccc45)ccc23)CC1. The standard InChI is InChI=1S/C29H32N6O/c1-5-21(2)34-15-17-35(18-16-34)28-25-13-14-26(24-12-8-10-22-9-6-7-11-23(22)24)30-27(25)31-29(32-28)36-20-19-33(3)4/h5-14H,1-2,15-20H2,3-4H3. The van der Waals surface area contributed by atoms with Crippen molar-refractivity contribution in [3.8, 4) is 17.3 Å². The highest BCUT2D eigenvalue weighted by molar-refractivity contribution is 5.97. The molecule has 3 heterocycles. The van der Waals surface area contributed by atoms with E-state index in [2.05, 4.69) is 82.5 Å². The van der Waals surface area contributed by atoms with Crippen molar-refractivity contribution < 1.29 is 4.74 Å². The second-order valence-corrected chi connectivity index (χ2v) is 9.25. The fraction of sp³-hybridized carbons (Fsp3) is 0.276. The second kappa shape index (κ2) is 10.3. The molecule has 0 unspecified atom stereocenters. The van der Waals surface area contributed by atoms with E-state index in [9.17, 15) is 0 Å².